The predicted molar refractivity (Wildman–Crippen MR) is 80.1 cm³/mol. The second kappa shape index (κ2) is 5.94. The highest BCUT2D eigenvalue weighted by Gasteiger charge is 2.31. The molecular formula is C18H19F2N. The minimum absolute atomic E-state index is 0.0295. The molecule has 0 amide bonds. The first-order valence-electron chi connectivity index (χ1n) is 7.39. The Morgan fingerprint density at radius 3 is 2.38 bits per heavy atom. The van der Waals surface area contributed by atoms with E-state index in [1.165, 1.54) is 17.7 Å². The van der Waals surface area contributed by atoms with Gasteiger partial charge in [0.15, 0.2) is 11.6 Å². The summed E-state index contributed by atoms with van der Waals surface area (Å²) in [6.07, 6.45) is 2.19. The highest BCUT2D eigenvalue weighted by Crippen LogP contribution is 2.37. The van der Waals surface area contributed by atoms with Crippen molar-refractivity contribution in [2.45, 2.75) is 37.8 Å². The van der Waals surface area contributed by atoms with Gasteiger partial charge in [0.2, 0.25) is 0 Å². The number of hydrogen-bond acceptors (Lipinski definition) is 1. The zero-order valence-corrected chi connectivity index (χ0v) is 12.0. The van der Waals surface area contributed by atoms with E-state index in [0.29, 0.717) is 12.0 Å². The van der Waals surface area contributed by atoms with Gasteiger partial charge in [-0.25, -0.2) is 8.78 Å². The van der Waals surface area contributed by atoms with Crippen LogP contribution in [-0.4, -0.2) is 6.04 Å². The van der Waals surface area contributed by atoms with E-state index in [9.17, 15) is 8.78 Å². The third-order valence-corrected chi connectivity index (χ3v) is 4.34. The fourth-order valence-corrected chi connectivity index (χ4v) is 2.98. The van der Waals surface area contributed by atoms with Gasteiger partial charge in [-0.3, -0.25) is 0 Å². The molecule has 1 unspecified atom stereocenters. The summed E-state index contributed by atoms with van der Waals surface area (Å²) in [5.74, 6) is -0.962. The Morgan fingerprint density at radius 1 is 1.00 bits per heavy atom. The first kappa shape index (κ1) is 14.2. The van der Waals surface area contributed by atoms with Crippen LogP contribution in [-0.2, 0) is 0 Å². The third kappa shape index (κ3) is 3.13. The van der Waals surface area contributed by atoms with Crippen LogP contribution in [0.1, 0.15) is 42.9 Å². The highest BCUT2D eigenvalue weighted by atomic mass is 19.2. The van der Waals surface area contributed by atoms with E-state index in [2.05, 4.69) is 29.6 Å². The van der Waals surface area contributed by atoms with E-state index in [0.717, 1.165) is 18.4 Å². The second-order valence-electron chi connectivity index (χ2n) is 5.84. The molecule has 3 heteroatoms. The van der Waals surface area contributed by atoms with Crippen molar-refractivity contribution in [3.05, 3.63) is 71.3 Å². The average molecular weight is 287 g/mol. The van der Waals surface area contributed by atoms with Crippen molar-refractivity contribution in [2.75, 3.05) is 0 Å². The maximum Gasteiger partial charge on any atom is 0.159 e. The quantitative estimate of drug-likeness (QED) is 0.869. The van der Waals surface area contributed by atoms with Crippen molar-refractivity contribution >= 4 is 0 Å². The Morgan fingerprint density at radius 2 is 1.71 bits per heavy atom. The molecule has 0 radical (unpaired) electrons. The minimum atomic E-state index is -0.793. The molecule has 0 saturated heterocycles. The van der Waals surface area contributed by atoms with Crippen LogP contribution in [0.25, 0.3) is 0 Å². The van der Waals surface area contributed by atoms with Crippen LogP contribution in [0.5, 0.6) is 0 Å². The zero-order chi connectivity index (χ0) is 14.8. The Labute approximate surface area is 124 Å². The van der Waals surface area contributed by atoms with Crippen LogP contribution in [0.15, 0.2) is 48.5 Å². The van der Waals surface area contributed by atoms with Gasteiger partial charge in [-0.15, -0.1) is 0 Å². The molecule has 1 N–H and O–H groups in total. The summed E-state index contributed by atoms with van der Waals surface area (Å²) in [7, 11) is 0. The first-order valence-corrected chi connectivity index (χ1v) is 7.39. The third-order valence-electron chi connectivity index (χ3n) is 4.34. The maximum absolute atomic E-state index is 13.3. The molecule has 3 rings (SSSR count). The van der Waals surface area contributed by atoms with Crippen molar-refractivity contribution in [2.24, 2.45) is 0 Å². The van der Waals surface area contributed by atoms with Crippen LogP contribution in [0.3, 0.4) is 0 Å². The van der Waals surface area contributed by atoms with Crippen molar-refractivity contribution in [3.8, 4) is 0 Å². The summed E-state index contributed by atoms with van der Waals surface area (Å²) < 4.78 is 26.2. The average Bonchev–Trinajstić information content (AvgIpc) is 2.46. The number of nitrogens with one attached hydrogen (secondary N) is 1. The number of benzene rings is 2. The monoisotopic (exact) mass is 287 g/mol. The summed E-state index contributed by atoms with van der Waals surface area (Å²) in [5, 5.41) is 3.49. The van der Waals surface area contributed by atoms with Gasteiger partial charge in [0.25, 0.3) is 0 Å². The molecule has 0 spiro atoms. The molecule has 2 aromatic carbocycles. The number of rotatable bonds is 4. The molecule has 21 heavy (non-hydrogen) atoms. The molecule has 0 bridgehead atoms. The zero-order valence-electron chi connectivity index (χ0n) is 12.0. The molecule has 1 nitrogen and oxygen atoms in total. The largest absolute Gasteiger partial charge is 0.307 e. The van der Waals surface area contributed by atoms with E-state index in [1.54, 1.807) is 6.07 Å². The molecule has 1 atom stereocenters. The van der Waals surface area contributed by atoms with Gasteiger partial charge in [-0.1, -0.05) is 36.4 Å². The molecule has 0 aliphatic heterocycles. The maximum atomic E-state index is 13.3. The lowest BCUT2D eigenvalue weighted by atomic mass is 9.75. The van der Waals surface area contributed by atoms with E-state index < -0.39 is 11.6 Å². The summed E-state index contributed by atoms with van der Waals surface area (Å²) in [6.45, 7) is 1.99. The fourth-order valence-electron chi connectivity index (χ4n) is 2.98. The SMILES string of the molecule is CC(NC1CC(c2ccccc2)C1)c1ccc(F)c(F)c1. The molecule has 2 aromatic rings. The normalized spacial score (nSPS) is 22.6. The Bertz CT molecular complexity index is 606. The lowest BCUT2D eigenvalue weighted by Gasteiger charge is -2.38. The summed E-state index contributed by atoms with van der Waals surface area (Å²) in [4.78, 5) is 0. The summed E-state index contributed by atoms with van der Waals surface area (Å²) >= 11 is 0. The van der Waals surface area contributed by atoms with Crippen LogP contribution in [0, 0.1) is 11.6 Å². The van der Waals surface area contributed by atoms with Crippen molar-refractivity contribution < 1.29 is 8.78 Å². The van der Waals surface area contributed by atoms with Crippen molar-refractivity contribution in [3.63, 3.8) is 0 Å². The highest BCUT2D eigenvalue weighted by molar-refractivity contribution is 5.24. The topological polar surface area (TPSA) is 12.0 Å². The first-order chi connectivity index (χ1) is 10.1. The minimum Gasteiger partial charge on any atom is -0.307 e. The standard InChI is InChI=1S/C18H19F2N/c1-12(14-7-8-17(19)18(20)11-14)21-16-9-15(10-16)13-5-3-2-4-6-13/h2-8,11-12,15-16,21H,9-10H2,1H3. The van der Waals surface area contributed by atoms with Gasteiger partial charge < -0.3 is 5.32 Å². The van der Waals surface area contributed by atoms with Gasteiger partial charge in [-0.05, 0) is 48.9 Å². The van der Waals surface area contributed by atoms with Gasteiger partial charge in [-0.2, -0.15) is 0 Å². The van der Waals surface area contributed by atoms with Crippen LogP contribution in [0.2, 0.25) is 0 Å². The van der Waals surface area contributed by atoms with E-state index in [1.807, 2.05) is 13.0 Å². The van der Waals surface area contributed by atoms with Gasteiger partial charge in [0, 0.05) is 12.1 Å². The smallest absolute Gasteiger partial charge is 0.159 e. The van der Waals surface area contributed by atoms with Crippen molar-refractivity contribution in [1.82, 2.24) is 5.32 Å². The Hall–Kier alpha value is -1.74. The van der Waals surface area contributed by atoms with E-state index in [4.69, 9.17) is 0 Å². The lowest BCUT2D eigenvalue weighted by Crippen LogP contribution is -2.41. The fraction of sp³-hybridized carbons (Fsp3) is 0.333. The molecule has 1 aliphatic rings. The van der Waals surface area contributed by atoms with Crippen molar-refractivity contribution in [1.29, 1.82) is 0 Å². The molecule has 110 valence electrons. The van der Waals surface area contributed by atoms with Crippen LogP contribution in [0.4, 0.5) is 8.78 Å². The molecule has 1 aliphatic carbocycles. The summed E-state index contributed by atoms with van der Waals surface area (Å²) in [6, 6.07) is 15.1. The van der Waals surface area contributed by atoms with Gasteiger partial charge >= 0.3 is 0 Å². The molecular weight excluding hydrogens is 268 g/mol. The Balaban J connectivity index is 1.55. The molecule has 1 fully saturated rings. The number of halogens is 2. The van der Waals surface area contributed by atoms with Crippen LogP contribution < -0.4 is 5.32 Å². The lowest BCUT2D eigenvalue weighted by molar-refractivity contribution is 0.270. The van der Waals surface area contributed by atoms with Gasteiger partial charge in [0.05, 0.1) is 0 Å². The predicted octanol–water partition coefficient (Wildman–Crippen LogP) is 4.56. The van der Waals surface area contributed by atoms with Gasteiger partial charge in [0.1, 0.15) is 0 Å². The van der Waals surface area contributed by atoms with E-state index in [-0.39, 0.29) is 6.04 Å². The van der Waals surface area contributed by atoms with E-state index >= 15 is 0 Å². The van der Waals surface area contributed by atoms with Crippen LogP contribution >= 0.6 is 0 Å². The number of hydrogen-bond donors (Lipinski definition) is 1. The summed E-state index contributed by atoms with van der Waals surface area (Å²) in [5.41, 5.74) is 2.17. The molecule has 0 aromatic heterocycles. The molecule has 0 heterocycles. The Kier molecular flexibility index (Phi) is 4.02. The molecule has 1 saturated carbocycles. The second-order valence-corrected chi connectivity index (χ2v) is 5.84.